The summed E-state index contributed by atoms with van der Waals surface area (Å²) in [4.78, 5) is 2.25. The first-order chi connectivity index (χ1) is 8.26. The summed E-state index contributed by atoms with van der Waals surface area (Å²) in [6.45, 7) is 1.66. The van der Waals surface area contributed by atoms with Crippen molar-refractivity contribution in [1.82, 2.24) is 0 Å². The number of anilines is 1. The molecule has 1 aliphatic heterocycles. The van der Waals surface area contributed by atoms with Crippen molar-refractivity contribution in [1.29, 1.82) is 0 Å². The van der Waals surface area contributed by atoms with E-state index >= 15 is 0 Å². The molecule has 0 bridgehead atoms. The molecule has 2 rings (SSSR count). The van der Waals surface area contributed by atoms with E-state index < -0.39 is 0 Å². The van der Waals surface area contributed by atoms with E-state index in [1.54, 1.807) is 0 Å². The van der Waals surface area contributed by atoms with Gasteiger partial charge in [-0.05, 0) is 37.0 Å². The smallest absolute Gasteiger partial charge is 0.0635 e. The zero-order valence-electron chi connectivity index (χ0n) is 9.90. The quantitative estimate of drug-likeness (QED) is 0.869. The molecule has 0 aliphatic carbocycles. The summed E-state index contributed by atoms with van der Waals surface area (Å²) in [6.07, 6.45) is 3.41. The molecule has 1 aromatic carbocycles. The van der Waals surface area contributed by atoms with Crippen LogP contribution in [0, 0.1) is 0 Å². The van der Waals surface area contributed by atoms with Gasteiger partial charge in [0.1, 0.15) is 0 Å². The number of aliphatic hydroxyl groups excluding tert-OH is 1. The van der Waals surface area contributed by atoms with Gasteiger partial charge in [0, 0.05) is 23.8 Å². The molecule has 1 saturated heterocycles. The van der Waals surface area contributed by atoms with Gasteiger partial charge in [-0.25, -0.2) is 0 Å². The van der Waals surface area contributed by atoms with Gasteiger partial charge in [0.05, 0.1) is 12.6 Å². The van der Waals surface area contributed by atoms with Crippen molar-refractivity contribution in [3.63, 3.8) is 0 Å². The largest absolute Gasteiger partial charge is 0.394 e. The Labute approximate surface area is 107 Å². The van der Waals surface area contributed by atoms with Crippen LogP contribution in [0.2, 0.25) is 5.02 Å². The maximum Gasteiger partial charge on any atom is 0.0635 e. The highest BCUT2D eigenvalue weighted by atomic mass is 35.5. The van der Waals surface area contributed by atoms with E-state index in [-0.39, 0.29) is 12.6 Å². The molecule has 1 atom stereocenters. The van der Waals surface area contributed by atoms with E-state index in [2.05, 4.69) is 4.90 Å². The van der Waals surface area contributed by atoms with Crippen LogP contribution in [0.3, 0.4) is 0 Å². The average Bonchev–Trinajstić information content (AvgIpc) is 2.38. The molecule has 0 radical (unpaired) electrons. The first-order valence-corrected chi connectivity index (χ1v) is 6.50. The lowest BCUT2D eigenvalue weighted by molar-refractivity contribution is 0.240. The third-order valence-electron chi connectivity index (χ3n) is 3.43. The Morgan fingerprint density at radius 3 is 2.88 bits per heavy atom. The molecule has 94 valence electrons. The molecule has 0 saturated carbocycles. The van der Waals surface area contributed by atoms with Gasteiger partial charge in [0.15, 0.2) is 0 Å². The predicted octanol–water partition coefficient (Wildman–Crippen LogP) is 2.15. The lowest BCUT2D eigenvalue weighted by Gasteiger charge is -2.36. The second-order valence-electron chi connectivity index (χ2n) is 4.51. The molecule has 3 nitrogen and oxygen atoms in total. The van der Waals surface area contributed by atoms with E-state index in [4.69, 9.17) is 17.3 Å². The Balaban J connectivity index is 2.23. The minimum Gasteiger partial charge on any atom is -0.394 e. The van der Waals surface area contributed by atoms with Gasteiger partial charge < -0.3 is 15.7 Å². The van der Waals surface area contributed by atoms with E-state index in [1.165, 1.54) is 12.8 Å². The predicted molar refractivity (Wildman–Crippen MR) is 71.4 cm³/mol. The number of halogens is 1. The fraction of sp³-hybridized carbons (Fsp3) is 0.538. The Kier molecular flexibility index (Phi) is 4.26. The molecule has 1 fully saturated rings. The maximum absolute atomic E-state index is 9.40. The second-order valence-corrected chi connectivity index (χ2v) is 4.91. The Hall–Kier alpha value is -0.770. The molecule has 17 heavy (non-hydrogen) atoms. The number of piperidine rings is 1. The highest BCUT2D eigenvalue weighted by Crippen LogP contribution is 2.28. The fourth-order valence-electron chi connectivity index (χ4n) is 2.41. The minimum absolute atomic E-state index is 0.205. The highest BCUT2D eigenvalue weighted by Gasteiger charge is 2.22. The van der Waals surface area contributed by atoms with Crippen LogP contribution in [0.5, 0.6) is 0 Å². The molecule has 0 amide bonds. The molecule has 1 heterocycles. The summed E-state index contributed by atoms with van der Waals surface area (Å²) in [5, 5.41) is 10.1. The zero-order valence-corrected chi connectivity index (χ0v) is 10.7. The third-order valence-corrected chi connectivity index (χ3v) is 3.78. The van der Waals surface area contributed by atoms with Crippen LogP contribution in [0.1, 0.15) is 24.8 Å². The van der Waals surface area contributed by atoms with E-state index in [9.17, 15) is 5.11 Å². The second kappa shape index (κ2) is 5.71. The topological polar surface area (TPSA) is 49.5 Å². The lowest BCUT2D eigenvalue weighted by atomic mass is 10.0. The summed E-state index contributed by atoms with van der Waals surface area (Å²) in [5.41, 5.74) is 7.65. The normalized spacial score (nSPS) is 20.6. The molecule has 3 N–H and O–H groups in total. The first-order valence-electron chi connectivity index (χ1n) is 6.12. The zero-order chi connectivity index (χ0) is 12.3. The third kappa shape index (κ3) is 2.73. The molecular weight excluding hydrogens is 236 g/mol. The number of nitrogens with two attached hydrogens (primary N) is 1. The average molecular weight is 255 g/mol. The lowest BCUT2D eigenvalue weighted by Crippen LogP contribution is -2.41. The minimum atomic E-state index is 0.205. The van der Waals surface area contributed by atoms with Crippen molar-refractivity contribution in [2.45, 2.75) is 31.8 Å². The number of aliphatic hydroxyl groups is 1. The van der Waals surface area contributed by atoms with Gasteiger partial charge in [0.2, 0.25) is 0 Å². The number of rotatable bonds is 3. The molecule has 0 spiro atoms. The van der Waals surface area contributed by atoms with Crippen molar-refractivity contribution >= 4 is 17.3 Å². The van der Waals surface area contributed by atoms with Gasteiger partial charge in [-0.1, -0.05) is 17.7 Å². The molecular formula is C13H19ClN2O. The fourth-order valence-corrected chi connectivity index (χ4v) is 2.66. The maximum atomic E-state index is 9.40. The Morgan fingerprint density at radius 2 is 2.24 bits per heavy atom. The van der Waals surface area contributed by atoms with E-state index in [0.717, 1.165) is 24.2 Å². The molecule has 0 aromatic heterocycles. The van der Waals surface area contributed by atoms with Crippen LogP contribution < -0.4 is 10.6 Å². The van der Waals surface area contributed by atoms with Crippen LogP contribution in [0.15, 0.2) is 18.2 Å². The van der Waals surface area contributed by atoms with Gasteiger partial charge in [-0.15, -0.1) is 0 Å². The number of hydrogen-bond acceptors (Lipinski definition) is 3. The van der Waals surface area contributed by atoms with E-state index in [0.29, 0.717) is 11.6 Å². The number of nitrogens with zero attached hydrogens (tertiary/aromatic N) is 1. The van der Waals surface area contributed by atoms with Crippen molar-refractivity contribution in [2.24, 2.45) is 5.73 Å². The first kappa shape index (κ1) is 12.7. The van der Waals surface area contributed by atoms with Crippen LogP contribution in [-0.4, -0.2) is 24.3 Å². The number of benzene rings is 1. The summed E-state index contributed by atoms with van der Waals surface area (Å²) < 4.78 is 0. The van der Waals surface area contributed by atoms with Crippen LogP contribution >= 0.6 is 11.6 Å². The molecule has 1 aromatic rings. The standard InChI is InChI=1S/C13H19ClN2O/c14-13-7-11(5-4-10(13)8-15)16-6-2-1-3-12(16)9-17/h4-5,7,12,17H,1-3,6,8-9,15H2. The summed E-state index contributed by atoms with van der Waals surface area (Å²) in [7, 11) is 0. The summed E-state index contributed by atoms with van der Waals surface area (Å²) in [6, 6.07) is 6.20. The highest BCUT2D eigenvalue weighted by molar-refractivity contribution is 6.31. The monoisotopic (exact) mass is 254 g/mol. The van der Waals surface area contributed by atoms with Crippen LogP contribution in [0.4, 0.5) is 5.69 Å². The Morgan fingerprint density at radius 1 is 1.41 bits per heavy atom. The van der Waals surface area contributed by atoms with Crippen molar-refractivity contribution in [3.05, 3.63) is 28.8 Å². The number of hydrogen-bond donors (Lipinski definition) is 2. The van der Waals surface area contributed by atoms with Gasteiger partial charge >= 0.3 is 0 Å². The summed E-state index contributed by atoms with van der Waals surface area (Å²) >= 11 is 6.17. The summed E-state index contributed by atoms with van der Waals surface area (Å²) in [5.74, 6) is 0. The Bertz CT molecular complexity index is 384. The SMILES string of the molecule is NCc1ccc(N2CCCCC2CO)cc1Cl. The van der Waals surface area contributed by atoms with E-state index in [1.807, 2.05) is 18.2 Å². The van der Waals surface area contributed by atoms with Gasteiger partial charge in [-0.2, -0.15) is 0 Å². The van der Waals surface area contributed by atoms with Crippen molar-refractivity contribution < 1.29 is 5.11 Å². The van der Waals surface area contributed by atoms with Crippen LogP contribution in [0.25, 0.3) is 0 Å². The van der Waals surface area contributed by atoms with Crippen molar-refractivity contribution in [2.75, 3.05) is 18.1 Å². The van der Waals surface area contributed by atoms with Gasteiger partial charge in [-0.3, -0.25) is 0 Å². The molecule has 1 aliphatic rings. The molecule has 1 unspecified atom stereocenters. The molecule has 4 heteroatoms. The van der Waals surface area contributed by atoms with Gasteiger partial charge in [0.25, 0.3) is 0 Å². The van der Waals surface area contributed by atoms with Crippen molar-refractivity contribution in [3.8, 4) is 0 Å². The van der Waals surface area contributed by atoms with Crippen LogP contribution in [-0.2, 0) is 6.54 Å².